The van der Waals surface area contributed by atoms with Gasteiger partial charge in [-0.2, -0.15) is 0 Å². The molecule has 1 fully saturated rings. The molecule has 7 heteroatoms. The molecule has 37 heavy (non-hydrogen) atoms. The Bertz CT molecular complexity index is 1270. The molecule has 2 heterocycles. The molecule has 0 radical (unpaired) electrons. The van der Waals surface area contributed by atoms with Crippen molar-refractivity contribution in [2.45, 2.75) is 33.4 Å². The van der Waals surface area contributed by atoms with Gasteiger partial charge in [0.05, 0.1) is 11.6 Å². The van der Waals surface area contributed by atoms with Crippen molar-refractivity contribution in [3.63, 3.8) is 0 Å². The summed E-state index contributed by atoms with van der Waals surface area (Å²) in [5, 5.41) is 11.3. The fourth-order valence-corrected chi connectivity index (χ4v) is 4.62. The van der Waals surface area contributed by atoms with Crippen LogP contribution in [0.3, 0.4) is 0 Å². The second-order valence-electron chi connectivity index (χ2n) is 9.11. The number of aryl methyl sites for hydroxylation is 1. The predicted octanol–water partition coefficient (Wildman–Crippen LogP) is 4.73. The van der Waals surface area contributed by atoms with E-state index >= 15 is 0 Å². The normalized spacial score (nSPS) is 17.0. The molecule has 1 aliphatic heterocycles. The Kier molecular flexibility index (Phi) is 8.36. The monoisotopic (exact) mass is 499 g/mol. The molecular formula is C30H33N3O4. The number of likely N-dealkylation sites (N-methyl/N-ethyl adjacent to an activating group) is 1. The van der Waals surface area contributed by atoms with Crippen molar-refractivity contribution in [1.29, 1.82) is 0 Å². The number of aliphatic hydroxyl groups is 1. The number of ketones is 1. The minimum atomic E-state index is -0.707. The minimum absolute atomic E-state index is 0.0750. The number of hydrogen-bond acceptors (Lipinski definition) is 6. The zero-order valence-corrected chi connectivity index (χ0v) is 21.6. The van der Waals surface area contributed by atoms with Gasteiger partial charge in [-0.3, -0.25) is 14.6 Å². The van der Waals surface area contributed by atoms with Gasteiger partial charge >= 0.3 is 0 Å². The molecule has 1 atom stereocenters. The number of carbonyl (C=O) groups is 2. The number of rotatable bonds is 10. The zero-order valence-electron chi connectivity index (χ0n) is 21.6. The molecule has 0 unspecified atom stereocenters. The number of Topliss-reactive ketones (excluding diaryl/α,β-unsaturated/α-hetero) is 1. The number of pyridine rings is 1. The minimum Gasteiger partial charge on any atom is -0.507 e. The van der Waals surface area contributed by atoms with Gasteiger partial charge in [0, 0.05) is 31.0 Å². The van der Waals surface area contributed by atoms with Crippen LogP contribution in [0.25, 0.3) is 5.76 Å². The molecule has 3 aromatic rings. The summed E-state index contributed by atoms with van der Waals surface area (Å²) in [6, 6.07) is 17.9. The Hall–Kier alpha value is -3.97. The molecule has 1 N–H and O–H groups in total. The fraction of sp³-hybridized carbons (Fsp3) is 0.300. The van der Waals surface area contributed by atoms with Crippen LogP contribution >= 0.6 is 0 Å². The summed E-state index contributed by atoms with van der Waals surface area (Å²) in [5.41, 5.74) is 3.43. The maximum Gasteiger partial charge on any atom is 0.295 e. The molecule has 0 aliphatic carbocycles. The molecule has 0 saturated carbocycles. The number of nitrogens with zero attached hydrogens (tertiary/aromatic N) is 3. The van der Waals surface area contributed by atoms with E-state index < -0.39 is 17.7 Å². The highest BCUT2D eigenvalue weighted by Gasteiger charge is 2.46. The lowest BCUT2D eigenvalue weighted by Gasteiger charge is -2.28. The topological polar surface area (TPSA) is 83.0 Å². The van der Waals surface area contributed by atoms with E-state index in [1.807, 2.05) is 31.2 Å². The number of aromatic nitrogens is 1. The van der Waals surface area contributed by atoms with Crippen LogP contribution in [0.4, 0.5) is 0 Å². The second-order valence-corrected chi connectivity index (χ2v) is 9.11. The van der Waals surface area contributed by atoms with Gasteiger partial charge in [-0.05, 0) is 61.5 Å². The number of benzene rings is 2. The van der Waals surface area contributed by atoms with Crippen molar-refractivity contribution < 1.29 is 19.4 Å². The third kappa shape index (κ3) is 5.89. The first-order valence-corrected chi connectivity index (χ1v) is 12.6. The van der Waals surface area contributed by atoms with Crippen molar-refractivity contribution in [3.8, 4) is 5.75 Å². The van der Waals surface area contributed by atoms with Crippen molar-refractivity contribution in [1.82, 2.24) is 14.8 Å². The molecule has 1 saturated heterocycles. The summed E-state index contributed by atoms with van der Waals surface area (Å²) in [4.78, 5) is 34.2. The van der Waals surface area contributed by atoms with Gasteiger partial charge in [0.25, 0.3) is 11.7 Å². The predicted molar refractivity (Wildman–Crippen MR) is 143 cm³/mol. The highest BCUT2D eigenvalue weighted by molar-refractivity contribution is 6.46. The summed E-state index contributed by atoms with van der Waals surface area (Å²) in [6.45, 7) is 9.26. The van der Waals surface area contributed by atoms with Gasteiger partial charge in [0.1, 0.15) is 18.1 Å². The van der Waals surface area contributed by atoms with E-state index in [0.717, 1.165) is 24.2 Å². The third-order valence-corrected chi connectivity index (χ3v) is 6.71. The third-order valence-electron chi connectivity index (χ3n) is 6.71. The first kappa shape index (κ1) is 26.1. The molecule has 7 nitrogen and oxygen atoms in total. The molecular weight excluding hydrogens is 466 g/mol. The molecule has 192 valence electrons. The van der Waals surface area contributed by atoms with E-state index in [-0.39, 0.29) is 11.3 Å². The van der Waals surface area contributed by atoms with Crippen molar-refractivity contribution in [2.75, 3.05) is 26.2 Å². The Labute approximate surface area is 218 Å². The summed E-state index contributed by atoms with van der Waals surface area (Å²) in [6.07, 6.45) is 3.28. The first-order chi connectivity index (χ1) is 17.9. The Morgan fingerprint density at radius 2 is 1.81 bits per heavy atom. The van der Waals surface area contributed by atoms with Gasteiger partial charge in [-0.25, -0.2) is 0 Å². The molecule has 0 spiro atoms. The molecule has 1 amide bonds. The Morgan fingerprint density at radius 1 is 1.05 bits per heavy atom. The van der Waals surface area contributed by atoms with E-state index in [4.69, 9.17) is 4.74 Å². The highest BCUT2D eigenvalue weighted by Crippen LogP contribution is 2.39. The number of hydrogen-bond donors (Lipinski definition) is 1. The quantitative estimate of drug-likeness (QED) is 0.247. The lowest BCUT2D eigenvalue weighted by atomic mass is 9.96. The van der Waals surface area contributed by atoms with Gasteiger partial charge in [-0.1, -0.05) is 49.7 Å². The van der Waals surface area contributed by atoms with Crippen LogP contribution in [0.2, 0.25) is 0 Å². The number of likely N-dealkylation sites (tertiary alicyclic amines) is 1. The van der Waals surface area contributed by atoms with Gasteiger partial charge in [-0.15, -0.1) is 0 Å². The van der Waals surface area contributed by atoms with Crippen LogP contribution in [0.15, 0.2) is 78.6 Å². The molecule has 2 aromatic carbocycles. The molecule has 4 rings (SSSR count). The summed E-state index contributed by atoms with van der Waals surface area (Å²) >= 11 is 0. The van der Waals surface area contributed by atoms with Crippen LogP contribution in [-0.2, 0) is 16.2 Å². The first-order valence-electron chi connectivity index (χ1n) is 12.6. The van der Waals surface area contributed by atoms with E-state index in [9.17, 15) is 14.7 Å². The van der Waals surface area contributed by atoms with Crippen molar-refractivity contribution in [3.05, 3.63) is 101 Å². The molecule has 0 bridgehead atoms. The fourth-order valence-electron chi connectivity index (χ4n) is 4.62. The standard InChI is InChI=1S/C30H33N3O4/c1-4-32(5-2)16-17-33-27(24-10-7-15-31-19-24)26(29(35)30(33)36)28(34)23-11-13-25(14-12-23)37-20-22-9-6-8-21(3)18-22/h6-15,18-19,27,34H,4-5,16-17,20H2,1-3H3/t27-/m1/s1. The Morgan fingerprint density at radius 3 is 2.46 bits per heavy atom. The number of amides is 1. The van der Waals surface area contributed by atoms with Crippen LogP contribution in [0.1, 0.15) is 42.1 Å². The van der Waals surface area contributed by atoms with Gasteiger partial charge in [0.2, 0.25) is 0 Å². The summed E-state index contributed by atoms with van der Waals surface area (Å²) in [7, 11) is 0. The zero-order chi connectivity index (χ0) is 26.4. The number of aliphatic hydroxyl groups excluding tert-OH is 1. The number of ether oxygens (including phenoxy) is 1. The van der Waals surface area contributed by atoms with E-state index in [0.29, 0.717) is 36.6 Å². The lowest BCUT2D eigenvalue weighted by molar-refractivity contribution is -0.140. The van der Waals surface area contributed by atoms with Gasteiger partial charge < -0.3 is 19.6 Å². The van der Waals surface area contributed by atoms with Crippen molar-refractivity contribution >= 4 is 17.4 Å². The highest BCUT2D eigenvalue weighted by atomic mass is 16.5. The van der Waals surface area contributed by atoms with Crippen LogP contribution in [0.5, 0.6) is 5.75 Å². The van der Waals surface area contributed by atoms with Crippen LogP contribution < -0.4 is 4.74 Å². The van der Waals surface area contributed by atoms with E-state index in [1.54, 1.807) is 47.6 Å². The van der Waals surface area contributed by atoms with E-state index in [1.165, 1.54) is 0 Å². The summed E-state index contributed by atoms with van der Waals surface area (Å²) in [5.74, 6) is -0.865. The second kappa shape index (κ2) is 11.8. The Balaban J connectivity index is 1.61. The van der Waals surface area contributed by atoms with Gasteiger partial charge in [0.15, 0.2) is 0 Å². The summed E-state index contributed by atoms with van der Waals surface area (Å²) < 4.78 is 5.89. The molecule has 1 aromatic heterocycles. The van der Waals surface area contributed by atoms with Crippen LogP contribution in [0, 0.1) is 6.92 Å². The maximum absolute atomic E-state index is 13.2. The van der Waals surface area contributed by atoms with Crippen LogP contribution in [-0.4, -0.2) is 57.8 Å². The molecule has 1 aliphatic rings. The number of carbonyl (C=O) groups excluding carboxylic acids is 2. The largest absolute Gasteiger partial charge is 0.507 e. The maximum atomic E-state index is 13.2. The average molecular weight is 500 g/mol. The lowest BCUT2D eigenvalue weighted by Crippen LogP contribution is -2.38. The van der Waals surface area contributed by atoms with Crippen molar-refractivity contribution in [2.24, 2.45) is 0 Å². The average Bonchev–Trinajstić information content (AvgIpc) is 3.18. The van der Waals surface area contributed by atoms with E-state index in [2.05, 4.69) is 29.8 Å². The SMILES string of the molecule is CCN(CC)CCN1C(=O)C(=O)C(=C(O)c2ccc(OCc3cccc(C)c3)cc2)[C@H]1c1cccnc1. The smallest absolute Gasteiger partial charge is 0.295 e.